The van der Waals surface area contributed by atoms with E-state index in [2.05, 4.69) is 22.3 Å². The van der Waals surface area contributed by atoms with Crippen molar-refractivity contribution in [3.63, 3.8) is 0 Å². The molecular weight excluding hydrogens is 586 g/mol. The predicted molar refractivity (Wildman–Crippen MR) is 147 cm³/mol. The number of halogens is 5. The summed E-state index contributed by atoms with van der Waals surface area (Å²) in [6.45, 7) is 5.47. The Balaban J connectivity index is 0.000000616. The van der Waals surface area contributed by atoms with Crippen molar-refractivity contribution in [3.8, 4) is 5.75 Å². The zero-order chi connectivity index (χ0) is 30.9. The monoisotopic (exact) mass is 619 g/mol. The first-order valence-electron chi connectivity index (χ1n) is 13.4. The number of alkyl halides is 3. The largest absolute Gasteiger partial charge is 0.490 e. The maximum Gasteiger partial charge on any atom is 0.490 e. The number of carboxylic acids is 1. The topological polar surface area (TPSA) is 112 Å². The van der Waals surface area contributed by atoms with E-state index in [1.807, 2.05) is 17.0 Å². The molecule has 2 heterocycles. The molecule has 42 heavy (non-hydrogen) atoms. The van der Waals surface area contributed by atoms with E-state index in [4.69, 9.17) is 31.0 Å². The number of β-amino-alcohol motifs (C(OH)–C–C–N with tert-alkyl or cyclic N) is 1. The number of benzene rings is 2. The van der Waals surface area contributed by atoms with Gasteiger partial charge in [0.25, 0.3) is 0 Å². The van der Waals surface area contributed by atoms with E-state index in [0.29, 0.717) is 30.6 Å². The van der Waals surface area contributed by atoms with E-state index in [0.717, 1.165) is 37.5 Å². The number of carbonyl (C=O) groups excluding carboxylic acids is 1. The summed E-state index contributed by atoms with van der Waals surface area (Å²) in [7, 11) is 0. The Bertz CT molecular complexity index is 1180. The lowest BCUT2D eigenvalue weighted by atomic mass is 10.0. The SMILES string of the molecule is CCOC(=O)COc1ccc(F)cc1N1CC(NC2CCN(Cc3ccc(Cl)cc3)CC2)[C@H](O)C1.O=C(O)C(F)(F)F. The average Bonchev–Trinajstić information content (AvgIpc) is 3.30. The Morgan fingerprint density at radius 3 is 2.33 bits per heavy atom. The number of piperidine rings is 1. The number of aliphatic hydroxyl groups is 1. The van der Waals surface area contributed by atoms with Gasteiger partial charge in [0.1, 0.15) is 11.6 Å². The number of esters is 1. The molecule has 232 valence electrons. The molecule has 3 N–H and O–H groups in total. The summed E-state index contributed by atoms with van der Waals surface area (Å²) in [6, 6.07) is 12.3. The van der Waals surface area contributed by atoms with Gasteiger partial charge in [0.2, 0.25) is 0 Å². The fraction of sp³-hybridized carbons (Fsp3) is 0.500. The number of nitrogens with one attached hydrogen (secondary N) is 1. The van der Waals surface area contributed by atoms with Crippen LogP contribution in [0, 0.1) is 5.82 Å². The zero-order valence-electron chi connectivity index (χ0n) is 22.9. The van der Waals surface area contributed by atoms with Crippen molar-refractivity contribution in [1.29, 1.82) is 0 Å². The highest BCUT2D eigenvalue weighted by molar-refractivity contribution is 6.30. The number of hydrogen-bond acceptors (Lipinski definition) is 8. The van der Waals surface area contributed by atoms with Crippen molar-refractivity contribution in [1.82, 2.24) is 10.2 Å². The van der Waals surface area contributed by atoms with E-state index in [1.165, 1.54) is 23.8 Å². The second-order valence-electron chi connectivity index (χ2n) is 9.93. The van der Waals surface area contributed by atoms with Crippen molar-refractivity contribution in [2.24, 2.45) is 0 Å². The van der Waals surface area contributed by atoms with Crippen LogP contribution in [0.25, 0.3) is 0 Å². The van der Waals surface area contributed by atoms with Crippen molar-refractivity contribution in [2.75, 3.05) is 44.3 Å². The number of carboxylic acid groups (broad SMARTS) is 1. The molecule has 2 saturated heterocycles. The minimum Gasteiger partial charge on any atom is -0.480 e. The third-order valence-corrected chi connectivity index (χ3v) is 7.05. The predicted octanol–water partition coefficient (Wildman–Crippen LogP) is 3.86. The standard InChI is InChI=1S/C26H33ClFN3O4.C2HF3O2/c1-2-34-26(33)17-35-25-8-7-20(28)13-23(25)31-15-22(24(32)16-31)29-21-9-11-30(12-10-21)14-18-3-5-19(27)6-4-18;3-2(4,5)1(6)7/h3-8,13,21-22,24,29,32H,2,9-12,14-17H2,1H3;(H,6,7)/t22?,24-;/m1./s1. The lowest BCUT2D eigenvalue weighted by Crippen LogP contribution is -2.49. The smallest absolute Gasteiger partial charge is 0.480 e. The molecule has 2 fully saturated rings. The molecule has 2 aromatic rings. The summed E-state index contributed by atoms with van der Waals surface area (Å²) in [5.74, 6) is -3.25. The first-order chi connectivity index (χ1) is 19.8. The molecule has 0 radical (unpaired) electrons. The molecule has 0 bridgehead atoms. The summed E-state index contributed by atoms with van der Waals surface area (Å²) >= 11 is 5.98. The maximum absolute atomic E-state index is 14.0. The normalized spacial score (nSPS) is 19.6. The van der Waals surface area contributed by atoms with Crippen molar-refractivity contribution < 1.29 is 46.8 Å². The van der Waals surface area contributed by atoms with Gasteiger partial charge in [-0.05, 0) is 62.7 Å². The number of likely N-dealkylation sites (tertiary alicyclic amines) is 1. The molecular formula is C28H34ClF4N3O6. The van der Waals surface area contributed by atoms with Crippen LogP contribution < -0.4 is 15.0 Å². The van der Waals surface area contributed by atoms with Crippen LogP contribution in [0.1, 0.15) is 25.3 Å². The van der Waals surface area contributed by atoms with Crippen molar-refractivity contribution in [2.45, 2.75) is 50.7 Å². The summed E-state index contributed by atoms with van der Waals surface area (Å²) in [6.07, 6.45) is -3.70. The zero-order valence-corrected chi connectivity index (χ0v) is 23.7. The fourth-order valence-corrected chi connectivity index (χ4v) is 4.88. The minimum atomic E-state index is -5.08. The van der Waals surface area contributed by atoms with E-state index < -0.39 is 30.0 Å². The van der Waals surface area contributed by atoms with Crippen LogP contribution in [0.3, 0.4) is 0 Å². The number of aliphatic hydroxyl groups excluding tert-OH is 1. The molecule has 0 spiro atoms. The lowest BCUT2D eigenvalue weighted by Gasteiger charge is -2.34. The lowest BCUT2D eigenvalue weighted by molar-refractivity contribution is -0.192. The van der Waals surface area contributed by atoms with Gasteiger partial charge in [0.15, 0.2) is 6.61 Å². The number of nitrogens with zero attached hydrogens (tertiary/aromatic N) is 2. The number of ether oxygens (including phenoxy) is 2. The summed E-state index contributed by atoms with van der Waals surface area (Å²) in [5, 5.41) is 22.2. The average molecular weight is 620 g/mol. The van der Waals surface area contributed by atoms with Gasteiger partial charge in [-0.3, -0.25) is 4.90 Å². The Labute approximate surface area is 245 Å². The molecule has 0 saturated carbocycles. The van der Waals surface area contributed by atoms with E-state index >= 15 is 0 Å². The third-order valence-electron chi connectivity index (χ3n) is 6.80. The fourth-order valence-electron chi connectivity index (χ4n) is 4.75. The molecule has 0 amide bonds. The van der Waals surface area contributed by atoms with Crippen molar-refractivity contribution in [3.05, 3.63) is 58.9 Å². The van der Waals surface area contributed by atoms with Gasteiger partial charge in [-0.25, -0.2) is 14.0 Å². The molecule has 4 rings (SSSR count). The van der Waals surface area contributed by atoms with Gasteiger partial charge in [0.05, 0.1) is 24.4 Å². The second kappa shape index (κ2) is 15.4. The summed E-state index contributed by atoms with van der Waals surface area (Å²) in [4.78, 5) is 24.9. The molecule has 14 heteroatoms. The maximum atomic E-state index is 14.0. The van der Waals surface area contributed by atoms with Crippen LogP contribution in [0.15, 0.2) is 42.5 Å². The quantitative estimate of drug-likeness (QED) is 0.285. The molecule has 2 aliphatic heterocycles. The summed E-state index contributed by atoms with van der Waals surface area (Å²) in [5.41, 5.74) is 1.77. The summed E-state index contributed by atoms with van der Waals surface area (Å²) < 4.78 is 56.3. The number of anilines is 1. The Hall–Kier alpha value is -3.13. The van der Waals surface area contributed by atoms with Gasteiger partial charge in [-0.2, -0.15) is 13.2 Å². The van der Waals surface area contributed by atoms with Crippen LogP contribution in [-0.2, 0) is 20.9 Å². The van der Waals surface area contributed by atoms with Crippen LogP contribution in [-0.4, -0.2) is 90.8 Å². The van der Waals surface area contributed by atoms with Crippen LogP contribution in [0.5, 0.6) is 5.75 Å². The Morgan fingerprint density at radius 1 is 1.10 bits per heavy atom. The van der Waals surface area contributed by atoms with Crippen LogP contribution in [0.2, 0.25) is 5.02 Å². The first kappa shape index (κ1) is 33.4. The van der Waals surface area contributed by atoms with Gasteiger partial charge in [0, 0.05) is 36.8 Å². The molecule has 2 aromatic carbocycles. The van der Waals surface area contributed by atoms with Gasteiger partial charge < -0.3 is 29.9 Å². The number of hydrogen-bond donors (Lipinski definition) is 3. The molecule has 0 aliphatic carbocycles. The molecule has 0 aromatic heterocycles. The molecule has 9 nitrogen and oxygen atoms in total. The second-order valence-corrected chi connectivity index (χ2v) is 10.4. The highest BCUT2D eigenvalue weighted by Crippen LogP contribution is 2.32. The van der Waals surface area contributed by atoms with Crippen LogP contribution in [0.4, 0.5) is 23.2 Å². The molecule has 1 unspecified atom stereocenters. The van der Waals surface area contributed by atoms with Crippen LogP contribution >= 0.6 is 11.6 Å². The van der Waals surface area contributed by atoms with Gasteiger partial charge >= 0.3 is 18.1 Å². The van der Waals surface area contributed by atoms with Crippen molar-refractivity contribution >= 4 is 29.2 Å². The highest BCUT2D eigenvalue weighted by atomic mass is 35.5. The molecule has 2 aliphatic rings. The van der Waals surface area contributed by atoms with E-state index in [-0.39, 0.29) is 19.3 Å². The van der Waals surface area contributed by atoms with Gasteiger partial charge in [-0.15, -0.1) is 0 Å². The number of rotatable bonds is 9. The van der Waals surface area contributed by atoms with E-state index in [1.54, 1.807) is 6.92 Å². The Morgan fingerprint density at radius 2 is 1.74 bits per heavy atom. The highest BCUT2D eigenvalue weighted by Gasteiger charge is 2.38. The number of carbonyl (C=O) groups is 2. The molecule has 2 atom stereocenters. The minimum absolute atomic E-state index is 0.135. The third kappa shape index (κ3) is 10.3. The first-order valence-corrected chi connectivity index (χ1v) is 13.8. The van der Waals surface area contributed by atoms with Gasteiger partial charge in [-0.1, -0.05) is 23.7 Å². The Kier molecular flexibility index (Phi) is 12.2. The number of aliphatic carboxylic acids is 1. The van der Waals surface area contributed by atoms with E-state index in [9.17, 15) is 27.5 Å².